The highest BCUT2D eigenvalue weighted by Crippen LogP contribution is 2.24. The van der Waals surface area contributed by atoms with E-state index in [1.165, 1.54) is 5.56 Å². The fourth-order valence-electron chi connectivity index (χ4n) is 2.52. The minimum atomic E-state index is -0.528. The summed E-state index contributed by atoms with van der Waals surface area (Å²) in [4.78, 5) is 0. The normalized spacial score (nSPS) is 26.8. The molecule has 21 heavy (non-hydrogen) atoms. The third-order valence-corrected chi connectivity index (χ3v) is 4.38. The van der Waals surface area contributed by atoms with Crippen molar-refractivity contribution in [1.82, 2.24) is 5.32 Å². The summed E-state index contributed by atoms with van der Waals surface area (Å²) in [6.07, 6.45) is 1.60. The van der Waals surface area contributed by atoms with Gasteiger partial charge >= 0.3 is 0 Å². The lowest BCUT2D eigenvalue weighted by Crippen LogP contribution is -2.51. The Kier molecular flexibility index (Phi) is 5.62. The average Bonchev–Trinajstić information content (AvgIpc) is 2.83. The Hall–Kier alpha value is -1.10. The van der Waals surface area contributed by atoms with Crippen LogP contribution in [0, 0.1) is 0 Å². The molecule has 1 aromatic carbocycles. The Bertz CT molecular complexity index is 451. The van der Waals surface area contributed by atoms with Crippen LogP contribution in [-0.4, -0.2) is 42.6 Å². The molecule has 1 aliphatic heterocycles. The van der Waals surface area contributed by atoms with Gasteiger partial charge in [0.1, 0.15) is 18.5 Å². The lowest BCUT2D eigenvalue weighted by Gasteiger charge is -2.30. The zero-order valence-corrected chi connectivity index (χ0v) is 13.3. The van der Waals surface area contributed by atoms with Crippen LogP contribution in [0.2, 0.25) is 0 Å². The average molecular weight is 293 g/mol. The molecule has 1 saturated heterocycles. The first-order valence-corrected chi connectivity index (χ1v) is 7.80. The van der Waals surface area contributed by atoms with Crippen LogP contribution < -0.4 is 10.1 Å². The van der Waals surface area contributed by atoms with Crippen LogP contribution >= 0.6 is 0 Å². The summed E-state index contributed by atoms with van der Waals surface area (Å²) in [7, 11) is 0. The number of aliphatic hydroxyl groups is 1. The van der Waals surface area contributed by atoms with E-state index in [1.807, 2.05) is 18.2 Å². The monoisotopic (exact) mass is 293 g/mol. The molecule has 0 aliphatic carbocycles. The van der Waals surface area contributed by atoms with Gasteiger partial charge in [0.2, 0.25) is 0 Å². The third-order valence-electron chi connectivity index (χ3n) is 4.38. The molecule has 2 rings (SSSR count). The second-order valence-electron chi connectivity index (χ2n) is 6.03. The van der Waals surface area contributed by atoms with Gasteiger partial charge in [-0.25, -0.2) is 0 Å². The van der Waals surface area contributed by atoms with Gasteiger partial charge in [-0.15, -0.1) is 0 Å². The Morgan fingerprint density at radius 1 is 1.52 bits per heavy atom. The quantitative estimate of drug-likeness (QED) is 0.809. The largest absolute Gasteiger partial charge is 0.491 e. The fourth-order valence-corrected chi connectivity index (χ4v) is 2.52. The van der Waals surface area contributed by atoms with E-state index in [0.717, 1.165) is 25.2 Å². The number of ether oxygens (including phenoxy) is 2. The van der Waals surface area contributed by atoms with Crippen LogP contribution in [0.25, 0.3) is 0 Å². The SMILES string of the molecule is CCc1cccc(OCC(O)CNC2(C)CCOC2C)c1. The molecule has 1 aromatic rings. The van der Waals surface area contributed by atoms with E-state index in [2.05, 4.69) is 32.2 Å². The first-order valence-electron chi connectivity index (χ1n) is 7.80. The Morgan fingerprint density at radius 3 is 3.00 bits per heavy atom. The fraction of sp³-hybridized carbons (Fsp3) is 0.647. The summed E-state index contributed by atoms with van der Waals surface area (Å²) in [5, 5.41) is 13.5. The van der Waals surface area contributed by atoms with Gasteiger partial charge < -0.3 is 19.9 Å². The maximum absolute atomic E-state index is 10.1. The Balaban J connectivity index is 1.75. The summed E-state index contributed by atoms with van der Waals surface area (Å²) >= 11 is 0. The van der Waals surface area contributed by atoms with Gasteiger partial charge in [0, 0.05) is 18.7 Å². The van der Waals surface area contributed by atoms with Gasteiger partial charge in [0.25, 0.3) is 0 Å². The topological polar surface area (TPSA) is 50.7 Å². The van der Waals surface area contributed by atoms with Gasteiger partial charge in [-0.05, 0) is 44.4 Å². The molecule has 0 bridgehead atoms. The molecule has 3 unspecified atom stereocenters. The van der Waals surface area contributed by atoms with E-state index < -0.39 is 6.10 Å². The molecule has 2 N–H and O–H groups in total. The van der Waals surface area contributed by atoms with E-state index >= 15 is 0 Å². The number of β-amino-alcohol motifs (C(OH)–C–C–N with tert-alkyl or cyclic N) is 1. The molecular formula is C17H27NO3. The summed E-state index contributed by atoms with van der Waals surface area (Å²) in [5.41, 5.74) is 1.19. The molecule has 1 aliphatic rings. The van der Waals surface area contributed by atoms with E-state index in [1.54, 1.807) is 0 Å². The molecule has 0 amide bonds. The number of aryl methyl sites for hydroxylation is 1. The minimum absolute atomic E-state index is 0.0525. The molecular weight excluding hydrogens is 266 g/mol. The Morgan fingerprint density at radius 2 is 2.33 bits per heavy atom. The molecule has 4 heteroatoms. The zero-order chi connectivity index (χ0) is 15.3. The minimum Gasteiger partial charge on any atom is -0.491 e. The van der Waals surface area contributed by atoms with Crippen molar-refractivity contribution < 1.29 is 14.6 Å². The predicted molar refractivity (Wildman–Crippen MR) is 83.8 cm³/mol. The van der Waals surface area contributed by atoms with Crippen molar-refractivity contribution in [3.63, 3.8) is 0 Å². The van der Waals surface area contributed by atoms with Gasteiger partial charge in [0.15, 0.2) is 0 Å². The molecule has 0 spiro atoms. The lowest BCUT2D eigenvalue weighted by atomic mass is 9.94. The van der Waals surface area contributed by atoms with Gasteiger partial charge in [-0.3, -0.25) is 0 Å². The summed E-state index contributed by atoms with van der Waals surface area (Å²) in [6, 6.07) is 8.01. The van der Waals surface area contributed by atoms with Crippen LogP contribution in [0.1, 0.15) is 32.8 Å². The van der Waals surface area contributed by atoms with Crippen molar-refractivity contribution in [2.24, 2.45) is 0 Å². The predicted octanol–water partition coefficient (Wildman–Crippen LogP) is 2.15. The van der Waals surface area contributed by atoms with Crippen LogP contribution in [-0.2, 0) is 11.2 Å². The number of benzene rings is 1. The first-order chi connectivity index (χ1) is 10.0. The number of hydrogen-bond acceptors (Lipinski definition) is 4. The van der Waals surface area contributed by atoms with Gasteiger partial charge in [-0.2, -0.15) is 0 Å². The summed E-state index contributed by atoms with van der Waals surface area (Å²) in [5.74, 6) is 0.817. The van der Waals surface area contributed by atoms with E-state index in [4.69, 9.17) is 9.47 Å². The van der Waals surface area contributed by atoms with Crippen molar-refractivity contribution >= 4 is 0 Å². The van der Waals surface area contributed by atoms with Crippen LogP contribution in [0.3, 0.4) is 0 Å². The smallest absolute Gasteiger partial charge is 0.119 e. The number of rotatable bonds is 7. The highest BCUT2D eigenvalue weighted by molar-refractivity contribution is 5.28. The Labute approximate surface area is 127 Å². The van der Waals surface area contributed by atoms with Crippen molar-refractivity contribution in [2.75, 3.05) is 19.8 Å². The molecule has 118 valence electrons. The second-order valence-corrected chi connectivity index (χ2v) is 6.03. The summed E-state index contributed by atoms with van der Waals surface area (Å²) in [6.45, 7) is 7.91. The molecule has 1 heterocycles. The molecule has 0 saturated carbocycles. The van der Waals surface area contributed by atoms with Crippen LogP contribution in [0.5, 0.6) is 5.75 Å². The summed E-state index contributed by atoms with van der Waals surface area (Å²) < 4.78 is 11.2. The second kappa shape index (κ2) is 7.25. The molecule has 4 nitrogen and oxygen atoms in total. The highest BCUT2D eigenvalue weighted by Gasteiger charge is 2.36. The number of nitrogens with one attached hydrogen (secondary N) is 1. The van der Waals surface area contributed by atoms with E-state index in [-0.39, 0.29) is 11.6 Å². The molecule has 1 fully saturated rings. The third kappa shape index (κ3) is 4.43. The zero-order valence-electron chi connectivity index (χ0n) is 13.3. The van der Waals surface area contributed by atoms with Crippen molar-refractivity contribution in [3.8, 4) is 5.75 Å². The van der Waals surface area contributed by atoms with Crippen molar-refractivity contribution in [3.05, 3.63) is 29.8 Å². The van der Waals surface area contributed by atoms with E-state index in [0.29, 0.717) is 13.2 Å². The highest BCUT2D eigenvalue weighted by atomic mass is 16.5. The molecule has 3 atom stereocenters. The standard InChI is InChI=1S/C17H27NO3/c1-4-14-6-5-7-16(10-14)21-12-15(19)11-18-17(3)8-9-20-13(17)2/h5-7,10,13,15,18-19H,4,8-9,11-12H2,1-3H3. The van der Waals surface area contributed by atoms with Crippen molar-refractivity contribution in [1.29, 1.82) is 0 Å². The maximum atomic E-state index is 10.1. The van der Waals surface area contributed by atoms with Crippen LogP contribution in [0.15, 0.2) is 24.3 Å². The van der Waals surface area contributed by atoms with Gasteiger partial charge in [-0.1, -0.05) is 19.1 Å². The van der Waals surface area contributed by atoms with E-state index in [9.17, 15) is 5.11 Å². The lowest BCUT2D eigenvalue weighted by molar-refractivity contribution is 0.0686. The van der Waals surface area contributed by atoms with Gasteiger partial charge in [0.05, 0.1) is 6.10 Å². The van der Waals surface area contributed by atoms with Crippen LogP contribution in [0.4, 0.5) is 0 Å². The number of aliphatic hydroxyl groups excluding tert-OH is 1. The maximum Gasteiger partial charge on any atom is 0.119 e. The molecule has 0 aromatic heterocycles. The first kappa shape index (κ1) is 16.3. The molecule has 0 radical (unpaired) electrons. The number of hydrogen-bond donors (Lipinski definition) is 2. The van der Waals surface area contributed by atoms with Crippen molar-refractivity contribution in [2.45, 2.75) is 51.4 Å².